The molecule has 3 aromatic rings. The fourth-order valence-electron chi connectivity index (χ4n) is 3.09. The minimum Gasteiger partial charge on any atom is -0.490 e. The molecule has 32 heavy (non-hydrogen) atoms. The van der Waals surface area contributed by atoms with Crippen LogP contribution in [-0.4, -0.2) is 34.7 Å². The molecule has 0 unspecified atom stereocenters. The number of nitrogens with one attached hydrogen (secondary N) is 2. The largest absolute Gasteiger partial charge is 0.490 e. The number of ether oxygens (including phenoxy) is 2. The van der Waals surface area contributed by atoms with E-state index in [9.17, 15) is 4.39 Å². The lowest BCUT2D eigenvalue weighted by atomic mass is 10.1. The van der Waals surface area contributed by atoms with E-state index in [0.717, 1.165) is 23.5 Å². The Bertz CT molecular complexity index is 1060. The van der Waals surface area contributed by atoms with Crippen molar-refractivity contribution < 1.29 is 13.9 Å². The molecule has 0 bridgehead atoms. The van der Waals surface area contributed by atoms with Gasteiger partial charge in [0.25, 0.3) is 0 Å². The van der Waals surface area contributed by atoms with Gasteiger partial charge in [0.15, 0.2) is 22.4 Å². The van der Waals surface area contributed by atoms with Crippen molar-refractivity contribution in [1.29, 1.82) is 0 Å². The first-order valence-corrected chi connectivity index (χ1v) is 11.2. The molecule has 0 saturated carbocycles. The standard InChI is InChI=1S/C23H26ClFN4O2S/c1-3-30-20-10-9-16(13-21(20)31-4-2)11-12-26-23(32)27-22-18(24)15-29(28-22)14-17-7-5-6-8-19(17)25/h5-10,13,15H,3-4,11-12,14H2,1-2H3,(H2,26,27,28,32). The summed E-state index contributed by atoms with van der Waals surface area (Å²) in [6.45, 7) is 5.92. The number of nitrogens with zero attached hydrogens (tertiary/aromatic N) is 2. The lowest BCUT2D eigenvalue weighted by molar-refractivity contribution is 0.287. The summed E-state index contributed by atoms with van der Waals surface area (Å²) >= 11 is 11.6. The second kappa shape index (κ2) is 11.7. The third-order valence-corrected chi connectivity index (χ3v) is 5.07. The molecule has 2 aromatic carbocycles. The fourth-order valence-corrected chi connectivity index (χ4v) is 3.48. The number of hydrogen-bond acceptors (Lipinski definition) is 4. The zero-order chi connectivity index (χ0) is 22.9. The van der Waals surface area contributed by atoms with Crippen molar-refractivity contribution >= 4 is 34.7 Å². The van der Waals surface area contributed by atoms with E-state index in [1.54, 1.807) is 29.1 Å². The summed E-state index contributed by atoms with van der Waals surface area (Å²) in [6, 6.07) is 12.5. The summed E-state index contributed by atoms with van der Waals surface area (Å²) in [4.78, 5) is 0. The molecule has 0 spiro atoms. The highest BCUT2D eigenvalue weighted by molar-refractivity contribution is 7.80. The van der Waals surface area contributed by atoms with Gasteiger partial charge in [-0.1, -0.05) is 35.9 Å². The summed E-state index contributed by atoms with van der Waals surface area (Å²) in [6.07, 6.45) is 2.37. The van der Waals surface area contributed by atoms with Gasteiger partial charge in [0.2, 0.25) is 0 Å². The molecule has 0 aliphatic carbocycles. The molecule has 0 saturated heterocycles. The Morgan fingerprint density at radius 3 is 2.62 bits per heavy atom. The van der Waals surface area contributed by atoms with E-state index in [2.05, 4.69) is 15.7 Å². The van der Waals surface area contributed by atoms with E-state index in [-0.39, 0.29) is 12.4 Å². The molecule has 2 N–H and O–H groups in total. The van der Waals surface area contributed by atoms with Crippen LogP contribution in [0.3, 0.4) is 0 Å². The van der Waals surface area contributed by atoms with Crippen LogP contribution in [0.1, 0.15) is 25.0 Å². The van der Waals surface area contributed by atoms with Crippen LogP contribution in [0.5, 0.6) is 11.5 Å². The Morgan fingerprint density at radius 2 is 1.88 bits per heavy atom. The van der Waals surface area contributed by atoms with Crippen LogP contribution in [0, 0.1) is 5.82 Å². The second-order valence-electron chi connectivity index (χ2n) is 6.89. The summed E-state index contributed by atoms with van der Waals surface area (Å²) in [5.41, 5.74) is 1.63. The number of anilines is 1. The molecule has 6 nitrogen and oxygen atoms in total. The van der Waals surface area contributed by atoms with Crippen LogP contribution in [0.15, 0.2) is 48.7 Å². The highest BCUT2D eigenvalue weighted by atomic mass is 35.5. The van der Waals surface area contributed by atoms with E-state index in [1.165, 1.54) is 6.07 Å². The Morgan fingerprint density at radius 1 is 1.12 bits per heavy atom. The average molecular weight is 477 g/mol. The zero-order valence-corrected chi connectivity index (χ0v) is 19.6. The smallest absolute Gasteiger partial charge is 0.173 e. The van der Waals surface area contributed by atoms with Gasteiger partial charge in [-0.2, -0.15) is 5.10 Å². The maximum absolute atomic E-state index is 13.9. The molecule has 0 radical (unpaired) electrons. The van der Waals surface area contributed by atoms with Crippen LogP contribution in [0.4, 0.5) is 10.2 Å². The predicted molar refractivity (Wildman–Crippen MR) is 129 cm³/mol. The van der Waals surface area contributed by atoms with Gasteiger partial charge in [-0.05, 0) is 56.2 Å². The van der Waals surface area contributed by atoms with Crippen LogP contribution in [0.25, 0.3) is 0 Å². The maximum atomic E-state index is 13.9. The Labute approximate surface area is 197 Å². The predicted octanol–water partition coefficient (Wildman–Crippen LogP) is 5.05. The van der Waals surface area contributed by atoms with Gasteiger partial charge in [-0.3, -0.25) is 4.68 Å². The first-order valence-electron chi connectivity index (χ1n) is 10.4. The molecule has 0 aliphatic rings. The third kappa shape index (κ3) is 6.58. The molecule has 1 aromatic heterocycles. The van der Waals surface area contributed by atoms with Crippen molar-refractivity contribution in [2.45, 2.75) is 26.8 Å². The highest BCUT2D eigenvalue weighted by Gasteiger charge is 2.11. The zero-order valence-electron chi connectivity index (χ0n) is 18.0. The molecule has 0 aliphatic heterocycles. The van der Waals surface area contributed by atoms with E-state index < -0.39 is 0 Å². The SMILES string of the molecule is CCOc1ccc(CCNC(=S)Nc2nn(Cc3ccccc3F)cc2Cl)cc1OCC. The Hall–Kier alpha value is -2.84. The number of benzene rings is 2. The Kier molecular flexibility index (Phi) is 8.70. The molecule has 0 atom stereocenters. The van der Waals surface area contributed by atoms with Crippen molar-refractivity contribution in [1.82, 2.24) is 15.1 Å². The monoisotopic (exact) mass is 476 g/mol. The van der Waals surface area contributed by atoms with E-state index in [0.29, 0.717) is 41.3 Å². The fraction of sp³-hybridized carbons (Fsp3) is 0.304. The molecule has 0 amide bonds. The van der Waals surface area contributed by atoms with Crippen molar-refractivity contribution in [3.8, 4) is 11.5 Å². The van der Waals surface area contributed by atoms with Crippen LogP contribution in [0.2, 0.25) is 5.02 Å². The lowest BCUT2D eigenvalue weighted by Crippen LogP contribution is -2.30. The van der Waals surface area contributed by atoms with Gasteiger partial charge in [-0.15, -0.1) is 0 Å². The van der Waals surface area contributed by atoms with E-state index in [4.69, 9.17) is 33.3 Å². The molecule has 9 heteroatoms. The van der Waals surface area contributed by atoms with Crippen LogP contribution >= 0.6 is 23.8 Å². The molecule has 0 fully saturated rings. The molecule has 1 heterocycles. The van der Waals surface area contributed by atoms with E-state index >= 15 is 0 Å². The normalized spacial score (nSPS) is 10.6. The van der Waals surface area contributed by atoms with Gasteiger partial charge < -0.3 is 20.1 Å². The van der Waals surface area contributed by atoms with Gasteiger partial charge in [-0.25, -0.2) is 4.39 Å². The number of hydrogen-bond donors (Lipinski definition) is 2. The molecule has 170 valence electrons. The average Bonchev–Trinajstić information content (AvgIpc) is 3.10. The number of thiocarbonyl (C=S) groups is 1. The summed E-state index contributed by atoms with van der Waals surface area (Å²) < 4.78 is 26.7. The van der Waals surface area contributed by atoms with Crippen molar-refractivity contribution in [3.05, 3.63) is 70.6 Å². The van der Waals surface area contributed by atoms with E-state index in [1.807, 2.05) is 32.0 Å². The van der Waals surface area contributed by atoms with Gasteiger partial charge >= 0.3 is 0 Å². The minimum absolute atomic E-state index is 0.272. The van der Waals surface area contributed by atoms with Gasteiger partial charge in [0.1, 0.15) is 10.8 Å². The van der Waals surface area contributed by atoms with Crippen LogP contribution < -0.4 is 20.1 Å². The van der Waals surface area contributed by atoms with Gasteiger partial charge in [0.05, 0.1) is 19.8 Å². The summed E-state index contributed by atoms with van der Waals surface area (Å²) in [5.74, 6) is 1.61. The van der Waals surface area contributed by atoms with Crippen molar-refractivity contribution in [2.75, 3.05) is 25.1 Å². The number of halogens is 2. The van der Waals surface area contributed by atoms with Gasteiger partial charge in [0, 0.05) is 18.3 Å². The molecular weight excluding hydrogens is 451 g/mol. The molecular formula is C23H26ClFN4O2S. The number of rotatable bonds is 10. The minimum atomic E-state index is -0.285. The third-order valence-electron chi connectivity index (χ3n) is 4.55. The topological polar surface area (TPSA) is 60.3 Å². The summed E-state index contributed by atoms with van der Waals surface area (Å²) in [7, 11) is 0. The second-order valence-corrected chi connectivity index (χ2v) is 7.71. The van der Waals surface area contributed by atoms with Crippen molar-refractivity contribution in [2.24, 2.45) is 0 Å². The Balaban J connectivity index is 1.52. The first kappa shape index (κ1) is 23.8. The summed E-state index contributed by atoms with van der Waals surface area (Å²) in [5, 5.41) is 11.3. The van der Waals surface area contributed by atoms with Crippen molar-refractivity contribution in [3.63, 3.8) is 0 Å². The molecule has 3 rings (SSSR count). The lowest BCUT2D eigenvalue weighted by Gasteiger charge is -2.13. The maximum Gasteiger partial charge on any atom is 0.173 e. The first-order chi connectivity index (χ1) is 15.5. The quantitative estimate of drug-likeness (QED) is 0.399. The van der Waals surface area contributed by atoms with Crippen LogP contribution in [-0.2, 0) is 13.0 Å². The highest BCUT2D eigenvalue weighted by Crippen LogP contribution is 2.28. The number of aromatic nitrogens is 2.